The van der Waals surface area contributed by atoms with Gasteiger partial charge in [-0.1, -0.05) is 0 Å². The smallest absolute Gasteiger partial charge is 0.0412 e. The second-order valence-electron chi connectivity index (χ2n) is 2.15. The topological polar surface area (TPSA) is 15.6 Å². The number of thiol groups is 1. The lowest BCUT2D eigenvalue weighted by molar-refractivity contribution is 0.429. The van der Waals surface area contributed by atoms with E-state index in [9.17, 15) is 0 Å². The van der Waals surface area contributed by atoms with Crippen LogP contribution in [-0.2, 0) is 0 Å². The van der Waals surface area contributed by atoms with Crippen molar-refractivity contribution >= 4 is 18.5 Å². The second kappa shape index (κ2) is 2.51. The Morgan fingerprint density at radius 2 is 2.50 bits per heavy atom. The first-order valence-electron chi connectivity index (χ1n) is 2.71. The standard InChI is InChI=1S/C5H10N2S/c1-7-3-2-5(4-7)6-8/h8H,2-4H2,1H3/b6-5-. The lowest BCUT2D eigenvalue weighted by atomic mass is 10.3. The average molecular weight is 130 g/mol. The lowest BCUT2D eigenvalue weighted by Gasteiger charge is -2.00. The van der Waals surface area contributed by atoms with Gasteiger partial charge in [-0.25, -0.2) is 4.40 Å². The number of likely N-dealkylation sites (tertiary alicyclic amines) is 1. The summed E-state index contributed by atoms with van der Waals surface area (Å²) >= 11 is 3.82. The first kappa shape index (κ1) is 6.11. The van der Waals surface area contributed by atoms with E-state index >= 15 is 0 Å². The Labute approximate surface area is 55.1 Å². The number of hydrogen-bond donors (Lipinski definition) is 1. The van der Waals surface area contributed by atoms with Gasteiger partial charge in [-0.05, 0) is 19.9 Å². The van der Waals surface area contributed by atoms with E-state index in [0.29, 0.717) is 0 Å². The number of nitrogens with zero attached hydrogens (tertiary/aromatic N) is 2. The Bertz CT molecular complexity index is 111. The van der Waals surface area contributed by atoms with Crippen LogP contribution in [0.25, 0.3) is 0 Å². The minimum atomic E-state index is 1.00. The van der Waals surface area contributed by atoms with Crippen molar-refractivity contribution in [2.75, 3.05) is 20.1 Å². The van der Waals surface area contributed by atoms with Crippen molar-refractivity contribution in [1.82, 2.24) is 4.90 Å². The minimum absolute atomic E-state index is 1.00. The quantitative estimate of drug-likeness (QED) is 0.475. The Kier molecular flexibility index (Phi) is 1.91. The molecule has 0 N–H and O–H groups in total. The van der Waals surface area contributed by atoms with Crippen molar-refractivity contribution in [3.8, 4) is 0 Å². The Morgan fingerprint density at radius 1 is 1.75 bits per heavy atom. The van der Waals surface area contributed by atoms with Crippen LogP contribution < -0.4 is 0 Å². The maximum atomic E-state index is 3.82. The summed E-state index contributed by atoms with van der Waals surface area (Å²) < 4.78 is 3.81. The van der Waals surface area contributed by atoms with Crippen LogP contribution in [0, 0.1) is 0 Å². The van der Waals surface area contributed by atoms with E-state index in [1.54, 1.807) is 0 Å². The zero-order valence-electron chi connectivity index (χ0n) is 4.96. The van der Waals surface area contributed by atoms with Gasteiger partial charge in [0.1, 0.15) is 0 Å². The fraction of sp³-hybridized carbons (Fsp3) is 0.800. The highest BCUT2D eigenvalue weighted by Crippen LogP contribution is 2.02. The Hall–Kier alpha value is -0.0200. The summed E-state index contributed by atoms with van der Waals surface area (Å²) in [5.41, 5.74) is 1.20. The predicted octanol–water partition coefficient (Wildman–Crippen LogP) is 0.608. The van der Waals surface area contributed by atoms with Crippen LogP contribution in [-0.4, -0.2) is 30.7 Å². The van der Waals surface area contributed by atoms with Crippen LogP contribution >= 0.6 is 12.8 Å². The molecule has 0 unspecified atom stereocenters. The maximum absolute atomic E-state index is 3.82. The van der Waals surface area contributed by atoms with Crippen LogP contribution in [0.1, 0.15) is 6.42 Å². The second-order valence-corrected chi connectivity index (χ2v) is 2.35. The molecule has 3 heteroatoms. The zero-order chi connectivity index (χ0) is 5.98. The van der Waals surface area contributed by atoms with E-state index in [1.807, 2.05) is 0 Å². The van der Waals surface area contributed by atoms with Gasteiger partial charge in [-0.15, -0.1) is 0 Å². The summed E-state index contributed by atoms with van der Waals surface area (Å²) in [6.07, 6.45) is 1.10. The summed E-state index contributed by atoms with van der Waals surface area (Å²) in [4.78, 5) is 2.23. The van der Waals surface area contributed by atoms with E-state index in [-0.39, 0.29) is 0 Å². The molecule has 0 spiro atoms. The van der Waals surface area contributed by atoms with Gasteiger partial charge in [0.15, 0.2) is 0 Å². The molecule has 0 bridgehead atoms. The van der Waals surface area contributed by atoms with Gasteiger partial charge in [-0.3, -0.25) is 0 Å². The van der Waals surface area contributed by atoms with Gasteiger partial charge >= 0.3 is 0 Å². The monoisotopic (exact) mass is 130 g/mol. The fourth-order valence-electron chi connectivity index (χ4n) is 0.871. The van der Waals surface area contributed by atoms with Gasteiger partial charge in [0.05, 0.1) is 0 Å². The minimum Gasteiger partial charge on any atom is -0.300 e. The predicted molar refractivity (Wildman–Crippen MR) is 38.5 cm³/mol. The van der Waals surface area contributed by atoms with E-state index in [1.165, 1.54) is 5.71 Å². The summed E-state index contributed by atoms with van der Waals surface area (Å²) in [7, 11) is 2.09. The van der Waals surface area contributed by atoms with Crippen LogP contribution in [0.3, 0.4) is 0 Å². The summed E-state index contributed by atoms with van der Waals surface area (Å²) in [5, 5.41) is 0. The molecule has 1 saturated heterocycles. The average Bonchev–Trinajstić information content (AvgIpc) is 2.14. The summed E-state index contributed by atoms with van der Waals surface area (Å²) in [6, 6.07) is 0. The molecule has 0 aromatic heterocycles. The Balaban J connectivity index is 2.44. The van der Waals surface area contributed by atoms with E-state index < -0.39 is 0 Å². The van der Waals surface area contributed by atoms with Crippen molar-refractivity contribution in [2.24, 2.45) is 4.40 Å². The largest absolute Gasteiger partial charge is 0.300 e. The highest BCUT2D eigenvalue weighted by Gasteiger charge is 2.11. The summed E-state index contributed by atoms with van der Waals surface area (Å²) in [6.45, 7) is 2.14. The van der Waals surface area contributed by atoms with Gasteiger partial charge in [0.2, 0.25) is 0 Å². The first-order chi connectivity index (χ1) is 3.83. The third-order valence-corrected chi connectivity index (χ3v) is 1.66. The summed E-state index contributed by atoms with van der Waals surface area (Å²) in [5.74, 6) is 0. The molecule has 0 atom stereocenters. The fourth-order valence-corrected chi connectivity index (χ4v) is 1.03. The molecule has 1 fully saturated rings. The molecule has 0 aliphatic carbocycles. The van der Waals surface area contributed by atoms with Crippen LogP contribution in [0.5, 0.6) is 0 Å². The highest BCUT2D eigenvalue weighted by atomic mass is 32.1. The number of rotatable bonds is 0. The van der Waals surface area contributed by atoms with Crippen molar-refractivity contribution in [3.63, 3.8) is 0 Å². The van der Waals surface area contributed by atoms with Crippen LogP contribution in [0.15, 0.2) is 4.40 Å². The molecule has 1 heterocycles. The zero-order valence-corrected chi connectivity index (χ0v) is 5.86. The highest BCUT2D eigenvalue weighted by molar-refractivity contribution is 7.79. The van der Waals surface area contributed by atoms with Gasteiger partial charge in [0, 0.05) is 25.2 Å². The van der Waals surface area contributed by atoms with Crippen molar-refractivity contribution < 1.29 is 0 Å². The molecule has 0 aromatic carbocycles. The van der Waals surface area contributed by atoms with Gasteiger partial charge in [-0.2, -0.15) is 0 Å². The third kappa shape index (κ3) is 1.23. The van der Waals surface area contributed by atoms with Gasteiger partial charge in [0.25, 0.3) is 0 Å². The van der Waals surface area contributed by atoms with Crippen LogP contribution in [0.2, 0.25) is 0 Å². The molecule has 1 aliphatic rings. The number of hydrogen-bond acceptors (Lipinski definition) is 3. The van der Waals surface area contributed by atoms with Crippen molar-refractivity contribution in [3.05, 3.63) is 0 Å². The first-order valence-corrected chi connectivity index (χ1v) is 3.11. The molecule has 1 aliphatic heterocycles. The van der Waals surface area contributed by atoms with E-state index in [2.05, 4.69) is 29.2 Å². The SMILES string of the molecule is CN1CC/C(=N/S)C1. The third-order valence-electron chi connectivity index (χ3n) is 1.38. The molecule has 2 nitrogen and oxygen atoms in total. The molecule has 0 saturated carbocycles. The normalized spacial score (nSPS) is 27.5. The van der Waals surface area contributed by atoms with E-state index in [0.717, 1.165) is 19.5 Å². The van der Waals surface area contributed by atoms with Crippen molar-refractivity contribution in [2.45, 2.75) is 6.42 Å². The van der Waals surface area contributed by atoms with Gasteiger partial charge < -0.3 is 4.90 Å². The maximum Gasteiger partial charge on any atom is 0.0412 e. The molecule has 1 rings (SSSR count). The molecule has 0 radical (unpaired) electrons. The molecule has 0 amide bonds. The molecular formula is C5H10N2S. The van der Waals surface area contributed by atoms with E-state index in [4.69, 9.17) is 0 Å². The lowest BCUT2D eigenvalue weighted by Crippen LogP contribution is -2.13. The van der Waals surface area contributed by atoms with Crippen LogP contribution in [0.4, 0.5) is 0 Å². The van der Waals surface area contributed by atoms with Crippen molar-refractivity contribution in [1.29, 1.82) is 0 Å². The molecule has 0 aromatic rings. The Morgan fingerprint density at radius 3 is 2.75 bits per heavy atom. The molecular weight excluding hydrogens is 120 g/mol. The molecule has 46 valence electrons. The molecule has 8 heavy (non-hydrogen) atoms.